The van der Waals surface area contributed by atoms with Gasteiger partial charge < -0.3 is 15.3 Å². The molecule has 21 heavy (non-hydrogen) atoms. The molecule has 1 saturated heterocycles. The fraction of sp³-hybridized carbons (Fsp3) is 0.375. The molecule has 0 saturated carbocycles. The van der Waals surface area contributed by atoms with Crippen LogP contribution in [0.15, 0.2) is 30.3 Å². The van der Waals surface area contributed by atoms with Gasteiger partial charge in [-0.05, 0) is 49.7 Å². The number of amides is 1. The predicted molar refractivity (Wildman–Crippen MR) is 82.0 cm³/mol. The fourth-order valence-electron chi connectivity index (χ4n) is 2.38. The molecule has 5 nitrogen and oxygen atoms in total. The number of carboxylic acids is 1. The lowest BCUT2D eigenvalue weighted by molar-refractivity contribution is -0.131. The number of aliphatic carboxylic acids is 1. The van der Waals surface area contributed by atoms with Crippen LogP contribution in [-0.2, 0) is 9.59 Å². The van der Waals surface area contributed by atoms with Crippen LogP contribution in [0.25, 0.3) is 6.08 Å². The molecular weight excluding hydrogens is 268 g/mol. The highest BCUT2D eigenvalue weighted by Gasteiger charge is 2.12. The SMILES string of the molecule is O=C(O)/C=C/c1cccc(NC(=O)CCN2CCCC2)c1. The number of carbonyl (C=O) groups is 2. The summed E-state index contributed by atoms with van der Waals surface area (Å²) < 4.78 is 0. The normalized spacial score (nSPS) is 15.4. The number of carboxylic acid groups (broad SMARTS) is 1. The number of hydrogen-bond acceptors (Lipinski definition) is 3. The quantitative estimate of drug-likeness (QED) is 0.787. The van der Waals surface area contributed by atoms with Crippen molar-refractivity contribution < 1.29 is 14.7 Å². The van der Waals surface area contributed by atoms with Gasteiger partial charge in [-0.1, -0.05) is 12.1 Å². The number of benzene rings is 1. The van der Waals surface area contributed by atoms with E-state index in [1.807, 2.05) is 0 Å². The van der Waals surface area contributed by atoms with Crippen molar-refractivity contribution in [2.45, 2.75) is 19.3 Å². The van der Waals surface area contributed by atoms with Crippen molar-refractivity contribution in [3.63, 3.8) is 0 Å². The maximum atomic E-state index is 11.9. The second-order valence-corrected chi connectivity index (χ2v) is 5.14. The minimum atomic E-state index is -0.991. The Balaban J connectivity index is 1.85. The van der Waals surface area contributed by atoms with Gasteiger partial charge in [-0.15, -0.1) is 0 Å². The Morgan fingerprint density at radius 2 is 2.05 bits per heavy atom. The van der Waals surface area contributed by atoms with E-state index in [9.17, 15) is 9.59 Å². The molecule has 1 aliphatic rings. The Kier molecular flexibility index (Phi) is 5.51. The van der Waals surface area contributed by atoms with Crippen LogP contribution in [-0.4, -0.2) is 41.5 Å². The molecule has 1 fully saturated rings. The van der Waals surface area contributed by atoms with E-state index < -0.39 is 5.97 Å². The van der Waals surface area contributed by atoms with Crippen molar-refractivity contribution in [2.75, 3.05) is 25.0 Å². The first kappa shape index (κ1) is 15.3. The second kappa shape index (κ2) is 7.59. The second-order valence-electron chi connectivity index (χ2n) is 5.14. The molecule has 2 N–H and O–H groups in total. The summed E-state index contributed by atoms with van der Waals surface area (Å²) >= 11 is 0. The van der Waals surface area contributed by atoms with Crippen LogP contribution in [0.3, 0.4) is 0 Å². The van der Waals surface area contributed by atoms with Gasteiger partial charge in [0.05, 0.1) is 0 Å². The van der Waals surface area contributed by atoms with Crippen LogP contribution in [0.2, 0.25) is 0 Å². The molecule has 2 rings (SSSR count). The minimum Gasteiger partial charge on any atom is -0.478 e. The molecule has 0 atom stereocenters. The molecule has 112 valence electrons. The van der Waals surface area contributed by atoms with E-state index in [0.29, 0.717) is 12.1 Å². The van der Waals surface area contributed by atoms with E-state index in [4.69, 9.17) is 5.11 Å². The molecule has 1 aromatic rings. The Morgan fingerprint density at radius 1 is 1.29 bits per heavy atom. The molecule has 1 aromatic carbocycles. The van der Waals surface area contributed by atoms with E-state index in [0.717, 1.165) is 31.3 Å². The average molecular weight is 288 g/mol. The number of hydrogen-bond donors (Lipinski definition) is 2. The lowest BCUT2D eigenvalue weighted by atomic mass is 10.2. The molecule has 1 amide bonds. The molecule has 0 spiro atoms. The molecule has 0 aromatic heterocycles. The smallest absolute Gasteiger partial charge is 0.328 e. The molecule has 0 aliphatic carbocycles. The van der Waals surface area contributed by atoms with E-state index in [1.165, 1.54) is 18.9 Å². The fourth-order valence-corrected chi connectivity index (χ4v) is 2.38. The third-order valence-electron chi connectivity index (χ3n) is 3.44. The van der Waals surface area contributed by atoms with Gasteiger partial charge in [-0.3, -0.25) is 4.79 Å². The highest BCUT2D eigenvalue weighted by Crippen LogP contribution is 2.13. The largest absolute Gasteiger partial charge is 0.478 e. The van der Waals surface area contributed by atoms with E-state index in [1.54, 1.807) is 24.3 Å². The molecule has 0 bridgehead atoms. The summed E-state index contributed by atoms with van der Waals surface area (Å²) in [5.74, 6) is -1.00. The van der Waals surface area contributed by atoms with Gasteiger partial charge in [0.25, 0.3) is 0 Å². The molecular formula is C16H20N2O3. The van der Waals surface area contributed by atoms with Gasteiger partial charge >= 0.3 is 5.97 Å². The van der Waals surface area contributed by atoms with Crippen LogP contribution < -0.4 is 5.32 Å². The predicted octanol–water partition coefficient (Wildman–Crippen LogP) is 2.21. The van der Waals surface area contributed by atoms with Crippen LogP contribution in [0.1, 0.15) is 24.8 Å². The van der Waals surface area contributed by atoms with Gasteiger partial charge in [0.2, 0.25) is 5.91 Å². The number of likely N-dealkylation sites (tertiary alicyclic amines) is 1. The number of carbonyl (C=O) groups excluding carboxylic acids is 1. The first-order chi connectivity index (χ1) is 10.1. The number of nitrogens with zero attached hydrogens (tertiary/aromatic N) is 1. The lowest BCUT2D eigenvalue weighted by Gasteiger charge is -2.14. The molecule has 0 unspecified atom stereocenters. The number of rotatable bonds is 6. The minimum absolute atomic E-state index is 0.0127. The van der Waals surface area contributed by atoms with E-state index in [-0.39, 0.29) is 5.91 Å². The molecule has 1 heterocycles. The maximum absolute atomic E-state index is 11.9. The first-order valence-corrected chi connectivity index (χ1v) is 7.17. The molecule has 1 aliphatic heterocycles. The van der Waals surface area contributed by atoms with Crippen molar-refractivity contribution in [3.8, 4) is 0 Å². The average Bonchev–Trinajstić information content (AvgIpc) is 2.97. The Bertz CT molecular complexity index is 534. The zero-order valence-corrected chi connectivity index (χ0v) is 11.9. The van der Waals surface area contributed by atoms with Crippen LogP contribution in [0, 0.1) is 0 Å². The third-order valence-corrected chi connectivity index (χ3v) is 3.44. The summed E-state index contributed by atoms with van der Waals surface area (Å²) in [6, 6.07) is 7.13. The Labute approximate surface area is 124 Å². The lowest BCUT2D eigenvalue weighted by Crippen LogP contribution is -2.25. The summed E-state index contributed by atoms with van der Waals surface area (Å²) in [7, 11) is 0. The van der Waals surface area contributed by atoms with Crippen molar-refractivity contribution in [1.82, 2.24) is 4.90 Å². The first-order valence-electron chi connectivity index (χ1n) is 7.17. The van der Waals surface area contributed by atoms with Crippen LogP contribution in [0.4, 0.5) is 5.69 Å². The Hall–Kier alpha value is -2.14. The van der Waals surface area contributed by atoms with Crippen molar-refractivity contribution in [1.29, 1.82) is 0 Å². The van der Waals surface area contributed by atoms with Gasteiger partial charge in [0.15, 0.2) is 0 Å². The standard InChI is InChI=1S/C16H20N2O3/c19-15(8-11-18-9-1-2-10-18)17-14-5-3-4-13(12-14)6-7-16(20)21/h3-7,12H,1-2,8-11H2,(H,17,19)(H,20,21)/b7-6+. The van der Waals surface area contributed by atoms with Crippen LogP contribution >= 0.6 is 0 Å². The zero-order chi connectivity index (χ0) is 15.1. The van der Waals surface area contributed by atoms with Gasteiger partial charge in [0, 0.05) is 24.7 Å². The maximum Gasteiger partial charge on any atom is 0.328 e. The topological polar surface area (TPSA) is 69.6 Å². The van der Waals surface area contributed by atoms with Crippen molar-refractivity contribution in [2.24, 2.45) is 0 Å². The Morgan fingerprint density at radius 3 is 2.76 bits per heavy atom. The van der Waals surface area contributed by atoms with E-state index >= 15 is 0 Å². The third kappa shape index (κ3) is 5.39. The highest BCUT2D eigenvalue weighted by molar-refractivity contribution is 5.91. The highest BCUT2D eigenvalue weighted by atomic mass is 16.4. The van der Waals surface area contributed by atoms with Crippen molar-refractivity contribution in [3.05, 3.63) is 35.9 Å². The molecule has 5 heteroatoms. The summed E-state index contributed by atoms with van der Waals surface area (Å²) in [6.45, 7) is 2.97. The summed E-state index contributed by atoms with van der Waals surface area (Å²) in [5.41, 5.74) is 1.43. The van der Waals surface area contributed by atoms with Crippen LogP contribution in [0.5, 0.6) is 0 Å². The van der Waals surface area contributed by atoms with Gasteiger partial charge in [-0.25, -0.2) is 4.79 Å². The summed E-state index contributed by atoms with van der Waals surface area (Å²) in [6.07, 6.45) is 5.50. The van der Waals surface area contributed by atoms with Crippen molar-refractivity contribution >= 4 is 23.6 Å². The summed E-state index contributed by atoms with van der Waals surface area (Å²) in [5, 5.41) is 11.4. The zero-order valence-electron chi connectivity index (χ0n) is 11.9. The number of anilines is 1. The molecule has 0 radical (unpaired) electrons. The van der Waals surface area contributed by atoms with Gasteiger partial charge in [0.1, 0.15) is 0 Å². The van der Waals surface area contributed by atoms with Gasteiger partial charge in [-0.2, -0.15) is 0 Å². The number of nitrogens with one attached hydrogen (secondary N) is 1. The van der Waals surface area contributed by atoms with E-state index in [2.05, 4.69) is 10.2 Å². The summed E-state index contributed by atoms with van der Waals surface area (Å²) in [4.78, 5) is 24.7. The monoisotopic (exact) mass is 288 g/mol.